The van der Waals surface area contributed by atoms with E-state index in [1.807, 2.05) is 13.8 Å². The van der Waals surface area contributed by atoms with Gasteiger partial charge in [-0.25, -0.2) is 12.7 Å². The maximum absolute atomic E-state index is 13.2. The normalized spacial score (nSPS) is 13.3. The van der Waals surface area contributed by atoms with Crippen LogP contribution in [0.1, 0.15) is 45.6 Å². The van der Waals surface area contributed by atoms with Gasteiger partial charge in [-0.05, 0) is 56.5 Å². The summed E-state index contributed by atoms with van der Waals surface area (Å²) in [6.07, 6.45) is 1.15. The molecule has 0 aromatic heterocycles. The predicted octanol–water partition coefficient (Wildman–Crippen LogP) is 4.73. The third kappa shape index (κ3) is 8.20. The van der Waals surface area contributed by atoms with E-state index in [4.69, 9.17) is 23.2 Å². The first-order valence-corrected chi connectivity index (χ1v) is 13.7. The minimum Gasteiger partial charge on any atom is -0.352 e. The number of nitrogens with one attached hydrogen (secondary N) is 1. The Morgan fingerprint density at radius 2 is 1.69 bits per heavy atom. The highest BCUT2D eigenvalue weighted by Crippen LogP contribution is 2.24. The van der Waals surface area contributed by atoms with Crippen LogP contribution in [0, 0.1) is 0 Å². The third-order valence-corrected chi connectivity index (χ3v) is 8.43. The van der Waals surface area contributed by atoms with Gasteiger partial charge in [-0.3, -0.25) is 9.59 Å². The second-order valence-corrected chi connectivity index (χ2v) is 11.4. The van der Waals surface area contributed by atoms with Crippen LogP contribution in [0.4, 0.5) is 0 Å². The summed E-state index contributed by atoms with van der Waals surface area (Å²) < 4.78 is 26.7. The highest BCUT2D eigenvalue weighted by Gasteiger charge is 2.27. The number of sulfonamides is 1. The molecule has 0 bridgehead atoms. The van der Waals surface area contributed by atoms with Gasteiger partial charge in [0, 0.05) is 32.6 Å². The minimum absolute atomic E-state index is 0.0243. The fourth-order valence-corrected chi connectivity index (χ4v) is 4.92. The van der Waals surface area contributed by atoms with E-state index in [1.165, 1.54) is 28.4 Å². The molecule has 2 atom stereocenters. The Morgan fingerprint density at radius 3 is 2.29 bits per heavy atom. The molecule has 0 spiro atoms. The maximum atomic E-state index is 13.2. The number of rotatable bonds is 12. The third-order valence-electron chi connectivity index (χ3n) is 5.82. The fourth-order valence-electron chi connectivity index (χ4n) is 3.37. The zero-order valence-electron chi connectivity index (χ0n) is 20.5. The lowest BCUT2D eigenvalue weighted by Gasteiger charge is -2.30. The van der Waals surface area contributed by atoms with Gasteiger partial charge in [-0.2, -0.15) is 0 Å². The molecule has 0 radical (unpaired) electrons. The van der Waals surface area contributed by atoms with Crippen molar-refractivity contribution in [2.24, 2.45) is 0 Å². The number of hydrogen-bond acceptors (Lipinski definition) is 4. The molecule has 2 aromatic carbocycles. The van der Waals surface area contributed by atoms with E-state index >= 15 is 0 Å². The number of carbonyl (C=O) groups excluding carboxylic acids is 2. The van der Waals surface area contributed by atoms with Gasteiger partial charge in [-0.15, -0.1) is 0 Å². The molecule has 2 amide bonds. The van der Waals surface area contributed by atoms with Gasteiger partial charge in [0.1, 0.15) is 6.04 Å². The molecular weight excluding hydrogens is 509 g/mol. The smallest absolute Gasteiger partial charge is 0.242 e. The molecule has 7 nitrogen and oxygen atoms in total. The zero-order chi connectivity index (χ0) is 26.2. The van der Waals surface area contributed by atoms with Gasteiger partial charge in [0.15, 0.2) is 0 Å². The Balaban J connectivity index is 2.12. The Hall–Kier alpha value is -2.13. The lowest BCUT2D eigenvalue weighted by Crippen LogP contribution is -2.49. The summed E-state index contributed by atoms with van der Waals surface area (Å²) in [6.45, 7) is 5.88. The average Bonchev–Trinajstić information content (AvgIpc) is 2.84. The molecule has 2 rings (SSSR count). The van der Waals surface area contributed by atoms with Crippen LogP contribution in [0.15, 0.2) is 53.4 Å². The van der Waals surface area contributed by atoms with Crippen molar-refractivity contribution in [3.8, 4) is 0 Å². The highest BCUT2D eigenvalue weighted by atomic mass is 35.5. The summed E-state index contributed by atoms with van der Waals surface area (Å²) in [4.78, 5) is 27.7. The van der Waals surface area contributed by atoms with Gasteiger partial charge < -0.3 is 10.2 Å². The van der Waals surface area contributed by atoms with Crippen LogP contribution in [0.25, 0.3) is 0 Å². The summed E-state index contributed by atoms with van der Waals surface area (Å²) in [5.74, 6) is -0.509. The first-order valence-electron chi connectivity index (χ1n) is 11.5. The van der Waals surface area contributed by atoms with Crippen LogP contribution in [-0.4, -0.2) is 55.1 Å². The fraction of sp³-hybridized carbons (Fsp3) is 0.440. The average molecular weight is 543 g/mol. The Morgan fingerprint density at radius 1 is 1.03 bits per heavy atom. The Labute approximate surface area is 218 Å². The quantitative estimate of drug-likeness (QED) is 0.420. The summed E-state index contributed by atoms with van der Waals surface area (Å²) in [7, 11) is -2.16. The second kappa shape index (κ2) is 13.3. The molecule has 0 aliphatic heterocycles. The molecule has 0 aliphatic carbocycles. The van der Waals surface area contributed by atoms with Crippen LogP contribution in [0.2, 0.25) is 10.0 Å². The van der Waals surface area contributed by atoms with E-state index < -0.39 is 16.1 Å². The minimum atomic E-state index is -3.64. The molecule has 0 aliphatic rings. The largest absolute Gasteiger partial charge is 0.352 e. The lowest BCUT2D eigenvalue weighted by molar-refractivity contribution is -0.141. The molecule has 0 saturated carbocycles. The first-order chi connectivity index (χ1) is 16.5. The molecule has 0 fully saturated rings. The number of benzene rings is 2. The topological polar surface area (TPSA) is 86.8 Å². The molecule has 35 heavy (non-hydrogen) atoms. The number of nitrogens with zero attached hydrogens (tertiary/aromatic N) is 2. The molecular formula is C25H33Cl2N3O4S. The van der Waals surface area contributed by atoms with Gasteiger partial charge in [0.25, 0.3) is 0 Å². The van der Waals surface area contributed by atoms with Crippen molar-refractivity contribution in [2.75, 3.05) is 13.6 Å². The summed E-state index contributed by atoms with van der Waals surface area (Å²) in [6, 6.07) is 12.5. The number of hydrogen-bond donors (Lipinski definition) is 1. The SMILES string of the molecule is CCC(C)NC(=O)C(C)N(Cc1ccc(Cl)c(Cl)c1)C(=O)CCCN(C)S(=O)(=O)c1ccccc1. The predicted molar refractivity (Wildman–Crippen MR) is 140 cm³/mol. The van der Waals surface area contributed by atoms with Gasteiger partial charge in [-0.1, -0.05) is 54.4 Å². The van der Waals surface area contributed by atoms with Crippen molar-refractivity contribution in [3.05, 3.63) is 64.1 Å². The van der Waals surface area contributed by atoms with Crippen LogP contribution in [0.3, 0.4) is 0 Å². The lowest BCUT2D eigenvalue weighted by atomic mass is 10.1. The van der Waals surface area contributed by atoms with Crippen molar-refractivity contribution in [1.82, 2.24) is 14.5 Å². The highest BCUT2D eigenvalue weighted by molar-refractivity contribution is 7.89. The summed E-state index contributed by atoms with van der Waals surface area (Å²) in [5, 5.41) is 3.68. The molecule has 0 heterocycles. The van der Waals surface area contributed by atoms with Crippen molar-refractivity contribution >= 4 is 45.0 Å². The molecule has 0 saturated heterocycles. The first kappa shape index (κ1) is 29.1. The molecule has 2 unspecified atom stereocenters. The monoisotopic (exact) mass is 541 g/mol. The Bertz CT molecular complexity index is 1110. The van der Waals surface area contributed by atoms with E-state index in [1.54, 1.807) is 43.3 Å². The molecule has 10 heteroatoms. The van der Waals surface area contributed by atoms with Gasteiger partial charge in [0.2, 0.25) is 21.8 Å². The van der Waals surface area contributed by atoms with Crippen molar-refractivity contribution in [2.45, 2.75) is 63.6 Å². The summed E-state index contributed by atoms with van der Waals surface area (Å²) >= 11 is 12.2. The second-order valence-electron chi connectivity index (χ2n) is 8.51. The maximum Gasteiger partial charge on any atom is 0.242 e. The van der Waals surface area contributed by atoms with Gasteiger partial charge in [0.05, 0.1) is 14.9 Å². The van der Waals surface area contributed by atoms with Crippen LogP contribution in [-0.2, 0) is 26.2 Å². The van der Waals surface area contributed by atoms with Crippen LogP contribution >= 0.6 is 23.2 Å². The van der Waals surface area contributed by atoms with E-state index in [9.17, 15) is 18.0 Å². The van der Waals surface area contributed by atoms with Crippen molar-refractivity contribution < 1.29 is 18.0 Å². The molecule has 2 aromatic rings. The Kier molecular flexibility index (Phi) is 11.0. The number of amides is 2. The number of halogens is 2. The zero-order valence-corrected chi connectivity index (χ0v) is 22.8. The summed E-state index contributed by atoms with van der Waals surface area (Å²) in [5.41, 5.74) is 0.736. The van der Waals surface area contributed by atoms with E-state index in [-0.39, 0.29) is 42.3 Å². The van der Waals surface area contributed by atoms with Gasteiger partial charge >= 0.3 is 0 Å². The van der Waals surface area contributed by atoms with Crippen LogP contribution in [0.5, 0.6) is 0 Å². The standard InChI is InChI=1S/C25H33Cl2N3O4S/c1-5-18(2)28-25(32)19(3)30(17-20-13-14-22(26)23(27)16-20)24(31)12-9-15-29(4)35(33,34)21-10-7-6-8-11-21/h6-8,10-11,13-14,16,18-19H,5,9,12,15,17H2,1-4H3,(H,28,32). The molecule has 1 N–H and O–H groups in total. The van der Waals surface area contributed by atoms with E-state index in [0.29, 0.717) is 16.5 Å². The van der Waals surface area contributed by atoms with Crippen LogP contribution < -0.4 is 5.32 Å². The van der Waals surface area contributed by atoms with Crippen molar-refractivity contribution in [1.29, 1.82) is 0 Å². The van der Waals surface area contributed by atoms with E-state index in [2.05, 4.69) is 5.32 Å². The number of carbonyl (C=O) groups is 2. The van der Waals surface area contributed by atoms with E-state index in [0.717, 1.165) is 12.0 Å². The van der Waals surface area contributed by atoms with Crippen molar-refractivity contribution in [3.63, 3.8) is 0 Å². The molecule has 192 valence electrons.